The van der Waals surface area contributed by atoms with Crippen molar-refractivity contribution >= 4 is 31.9 Å². The van der Waals surface area contributed by atoms with Gasteiger partial charge < -0.3 is 9.47 Å². The van der Waals surface area contributed by atoms with Gasteiger partial charge in [-0.1, -0.05) is 58.7 Å². The zero-order chi connectivity index (χ0) is 16.4. The SMILES string of the molecule is CC(C)(C)c1ccc(OCCCCBr)c(OCCCCBr)c1. The van der Waals surface area contributed by atoms with Gasteiger partial charge >= 0.3 is 0 Å². The van der Waals surface area contributed by atoms with Gasteiger partial charge in [-0.05, 0) is 48.8 Å². The van der Waals surface area contributed by atoms with Crippen LogP contribution in [0.5, 0.6) is 11.5 Å². The molecule has 0 saturated heterocycles. The lowest BCUT2D eigenvalue weighted by molar-refractivity contribution is 0.261. The van der Waals surface area contributed by atoms with Crippen LogP contribution in [-0.4, -0.2) is 23.9 Å². The lowest BCUT2D eigenvalue weighted by atomic mass is 9.87. The minimum absolute atomic E-state index is 0.114. The van der Waals surface area contributed by atoms with Gasteiger partial charge in [0, 0.05) is 10.7 Å². The van der Waals surface area contributed by atoms with Crippen LogP contribution in [0.3, 0.4) is 0 Å². The van der Waals surface area contributed by atoms with Crippen molar-refractivity contribution in [2.75, 3.05) is 23.9 Å². The number of rotatable bonds is 10. The van der Waals surface area contributed by atoms with Gasteiger partial charge in [-0.15, -0.1) is 0 Å². The summed E-state index contributed by atoms with van der Waals surface area (Å²) in [6, 6.07) is 6.33. The summed E-state index contributed by atoms with van der Waals surface area (Å²) in [5.74, 6) is 1.74. The first kappa shape index (κ1) is 19.8. The van der Waals surface area contributed by atoms with E-state index in [0.29, 0.717) is 0 Å². The molecule has 0 fully saturated rings. The van der Waals surface area contributed by atoms with Crippen LogP contribution in [0.25, 0.3) is 0 Å². The summed E-state index contributed by atoms with van der Waals surface area (Å²) < 4.78 is 11.9. The fraction of sp³-hybridized carbons (Fsp3) is 0.667. The van der Waals surface area contributed by atoms with E-state index in [-0.39, 0.29) is 5.41 Å². The van der Waals surface area contributed by atoms with Crippen molar-refractivity contribution in [2.45, 2.75) is 51.9 Å². The highest BCUT2D eigenvalue weighted by atomic mass is 79.9. The Kier molecular flexibility index (Phi) is 9.49. The Labute approximate surface area is 152 Å². The number of benzene rings is 1. The minimum atomic E-state index is 0.114. The summed E-state index contributed by atoms with van der Waals surface area (Å²) in [6.07, 6.45) is 4.35. The van der Waals surface area contributed by atoms with Crippen LogP contribution in [0, 0.1) is 0 Å². The Morgan fingerprint density at radius 3 is 1.86 bits per heavy atom. The molecule has 22 heavy (non-hydrogen) atoms. The fourth-order valence-corrected chi connectivity index (χ4v) is 2.76. The Bertz CT molecular complexity index is 428. The maximum atomic E-state index is 5.98. The lowest BCUT2D eigenvalue weighted by Crippen LogP contribution is -2.12. The number of hydrogen-bond acceptors (Lipinski definition) is 2. The second-order valence-electron chi connectivity index (χ2n) is 6.40. The third kappa shape index (κ3) is 7.36. The van der Waals surface area contributed by atoms with Gasteiger partial charge in [-0.2, -0.15) is 0 Å². The van der Waals surface area contributed by atoms with Crippen molar-refractivity contribution in [3.8, 4) is 11.5 Å². The third-order valence-electron chi connectivity index (χ3n) is 3.38. The van der Waals surface area contributed by atoms with E-state index >= 15 is 0 Å². The number of hydrogen-bond donors (Lipinski definition) is 0. The first-order valence-corrected chi connectivity index (χ1v) is 10.3. The average molecular weight is 436 g/mol. The second-order valence-corrected chi connectivity index (χ2v) is 7.99. The highest BCUT2D eigenvalue weighted by molar-refractivity contribution is 9.09. The zero-order valence-electron chi connectivity index (χ0n) is 14.0. The van der Waals surface area contributed by atoms with Crippen LogP contribution in [0.15, 0.2) is 18.2 Å². The van der Waals surface area contributed by atoms with Gasteiger partial charge in [0.15, 0.2) is 11.5 Å². The fourth-order valence-electron chi connectivity index (χ4n) is 1.96. The third-order valence-corrected chi connectivity index (χ3v) is 4.50. The zero-order valence-corrected chi connectivity index (χ0v) is 17.1. The van der Waals surface area contributed by atoms with Crippen molar-refractivity contribution in [1.29, 1.82) is 0 Å². The molecule has 0 atom stereocenters. The molecule has 0 aliphatic heterocycles. The number of halogens is 2. The van der Waals surface area contributed by atoms with Gasteiger partial charge in [0.1, 0.15) is 0 Å². The van der Waals surface area contributed by atoms with Crippen LogP contribution >= 0.6 is 31.9 Å². The van der Waals surface area contributed by atoms with E-state index in [1.54, 1.807) is 0 Å². The molecule has 126 valence electrons. The lowest BCUT2D eigenvalue weighted by Gasteiger charge is -2.21. The number of ether oxygens (including phenoxy) is 2. The van der Waals surface area contributed by atoms with Crippen LogP contribution in [0.2, 0.25) is 0 Å². The molecule has 0 unspecified atom stereocenters. The standard InChI is InChI=1S/C18H28Br2O2/c1-18(2,3)15-8-9-16(21-12-6-4-10-19)17(14-15)22-13-7-5-11-20/h8-9,14H,4-7,10-13H2,1-3H3. The summed E-state index contributed by atoms with van der Waals surface area (Å²) in [5, 5.41) is 2.05. The van der Waals surface area contributed by atoms with E-state index in [1.807, 2.05) is 0 Å². The van der Waals surface area contributed by atoms with Gasteiger partial charge in [0.05, 0.1) is 13.2 Å². The monoisotopic (exact) mass is 434 g/mol. The van der Waals surface area contributed by atoms with E-state index in [4.69, 9.17) is 9.47 Å². The number of unbranched alkanes of at least 4 members (excludes halogenated alkanes) is 2. The van der Waals surface area contributed by atoms with Crippen LogP contribution in [0.4, 0.5) is 0 Å². The molecule has 1 aromatic carbocycles. The minimum Gasteiger partial charge on any atom is -0.490 e. The van der Waals surface area contributed by atoms with Crippen molar-refractivity contribution in [1.82, 2.24) is 0 Å². The topological polar surface area (TPSA) is 18.5 Å². The predicted molar refractivity (Wildman–Crippen MR) is 102 cm³/mol. The molecule has 0 aliphatic carbocycles. The Hall–Kier alpha value is -0.220. The first-order chi connectivity index (χ1) is 10.5. The molecule has 0 heterocycles. The van der Waals surface area contributed by atoms with Crippen molar-refractivity contribution in [3.05, 3.63) is 23.8 Å². The molecule has 0 amide bonds. The maximum Gasteiger partial charge on any atom is 0.161 e. The van der Waals surface area contributed by atoms with E-state index in [0.717, 1.165) is 61.1 Å². The van der Waals surface area contributed by atoms with Crippen molar-refractivity contribution in [3.63, 3.8) is 0 Å². The predicted octanol–water partition coefficient (Wildman–Crippen LogP) is 6.09. The van der Waals surface area contributed by atoms with Gasteiger partial charge in [-0.3, -0.25) is 0 Å². The average Bonchev–Trinajstić information content (AvgIpc) is 2.48. The number of alkyl halides is 2. The molecule has 0 N–H and O–H groups in total. The van der Waals surface area contributed by atoms with Crippen molar-refractivity contribution in [2.24, 2.45) is 0 Å². The van der Waals surface area contributed by atoms with Crippen LogP contribution in [0.1, 0.15) is 52.0 Å². The molecule has 0 spiro atoms. The summed E-state index contributed by atoms with van der Waals surface area (Å²) in [5.41, 5.74) is 1.39. The molecule has 0 bridgehead atoms. The van der Waals surface area contributed by atoms with E-state index in [9.17, 15) is 0 Å². The van der Waals surface area contributed by atoms with Crippen LogP contribution < -0.4 is 9.47 Å². The Balaban J connectivity index is 2.74. The smallest absolute Gasteiger partial charge is 0.161 e. The van der Waals surface area contributed by atoms with Gasteiger partial charge in [0.25, 0.3) is 0 Å². The molecule has 1 aromatic rings. The summed E-state index contributed by atoms with van der Waals surface area (Å²) >= 11 is 6.90. The largest absolute Gasteiger partial charge is 0.490 e. The first-order valence-electron chi connectivity index (χ1n) is 8.01. The molecule has 4 heteroatoms. The second kappa shape index (κ2) is 10.5. The maximum absolute atomic E-state index is 5.98. The summed E-state index contributed by atoms with van der Waals surface area (Å²) in [6.45, 7) is 8.11. The molecule has 2 nitrogen and oxygen atoms in total. The molecule has 0 aliphatic rings. The molecular weight excluding hydrogens is 408 g/mol. The normalized spacial score (nSPS) is 11.5. The summed E-state index contributed by atoms with van der Waals surface area (Å²) in [4.78, 5) is 0. The molecule has 1 rings (SSSR count). The summed E-state index contributed by atoms with van der Waals surface area (Å²) in [7, 11) is 0. The highest BCUT2D eigenvalue weighted by Crippen LogP contribution is 2.33. The van der Waals surface area contributed by atoms with Gasteiger partial charge in [-0.25, -0.2) is 0 Å². The van der Waals surface area contributed by atoms with Crippen molar-refractivity contribution < 1.29 is 9.47 Å². The highest BCUT2D eigenvalue weighted by Gasteiger charge is 2.16. The van der Waals surface area contributed by atoms with E-state index in [1.165, 1.54) is 5.56 Å². The van der Waals surface area contributed by atoms with Crippen LogP contribution in [-0.2, 0) is 5.41 Å². The molecule has 0 radical (unpaired) electrons. The van der Waals surface area contributed by atoms with E-state index in [2.05, 4.69) is 70.8 Å². The Morgan fingerprint density at radius 2 is 1.36 bits per heavy atom. The molecule has 0 saturated carbocycles. The quantitative estimate of drug-likeness (QED) is 0.327. The van der Waals surface area contributed by atoms with E-state index < -0.39 is 0 Å². The molecular formula is C18H28Br2O2. The van der Waals surface area contributed by atoms with Gasteiger partial charge in [0.2, 0.25) is 0 Å². The Morgan fingerprint density at radius 1 is 0.818 bits per heavy atom. The molecule has 0 aromatic heterocycles.